The van der Waals surface area contributed by atoms with Crippen LogP contribution in [-0.2, 0) is 10.0 Å². The molecule has 1 saturated carbocycles. The van der Waals surface area contributed by atoms with Gasteiger partial charge < -0.3 is 5.73 Å². The molecule has 0 radical (unpaired) electrons. The first-order valence-corrected chi connectivity index (χ1v) is 7.88. The van der Waals surface area contributed by atoms with Gasteiger partial charge in [-0.1, -0.05) is 13.3 Å². The molecule has 2 fully saturated rings. The second kappa shape index (κ2) is 4.27. The van der Waals surface area contributed by atoms with E-state index in [9.17, 15) is 8.42 Å². The maximum absolute atomic E-state index is 12.2. The standard InChI is InChI=1S/C11H22N2O2S/c1-2-3-7-16(14,15)13-6-4-5-10-8-11(10,13)9-12/h10H,2-9,12H2,1H3. The molecule has 2 rings (SSSR count). The molecule has 4 nitrogen and oxygen atoms in total. The van der Waals surface area contributed by atoms with Crippen LogP contribution in [0.25, 0.3) is 0 Å². The first-order valence-electron chi connectivity index (χ1n) is 6.27. The molecule has 0 spiro atoms. The molecule has 0 aromatic carbocycles. The van der Waals surface area contributed by atoms with Crippen molar-refractivity contribution >= 4 is 10.0 Å². The molecule has 0 aromatic heterocycles. The van der Waals surface area contributed by atoms with Crippen molar-refractivity contribution in [3.05, 3.63) is 0 Å². The summed E-state index contributed by atoms with van der Waals surface area (Å²) in [7, 11) is -3.07. The zero-order valence-electron chi connectivity index (χ0n) is 9.98. The van der Waals surface area contributed by atoms with Gasteiger partial charge in [0.25, 0.3) is 0 Å². The minimum absolute atomic E-state index is 0.190. The summed E-state index contributed by atoms with van der Waals surface area (Å²) >= 11 is 0. The van der Waals surface area contributed by atoms with E-state index in [0.717, 1.165) is 32.1 Å². The fraction of sp³-hybridized carbons (Fsp3) is 1.00. The molecule has 2 N–H and O–H groups in total. The van der Waals surface area contributed by atoms with Crippen LogP contribution in [0.4, 0.5) is 0 Å². The van der Waals surface area contributed by atoms with Crippen LogP contribution in [0.1, 0.15) is 39.0 Å². The van der Waals surface area contributed by atoms with Crippen molar-refractivity contribution < 1.29 is 8.42 Å². The van der Waals surface area contributed by atoms with Gasteiger partial charge in [0.1, 0.15) is 0 Å². The number of nitrogens with zero attached hydrogens (tertiary/aromatic N) is 1. The number of piperidine rings is 1. The average molecular weight is 246 g/mol. The smallest absolute Gasteiger partial charge is 0.214 e. The normalized spacial score (nSPS) is 34.8. The maximum Gasteiger partial charge on any atom is 0.214 e. The topological polar surface area (TPSA) is 63.4 Å². The van der Waals surface area contributed by atoms with E-state index >= 15 is 0 Å². The van der Waals surface area contributed by atoms with E-state index in [-0.39, 0.29) is 11.3 Å². The number of hydrogen-bond donors (Lipinski definition) is 1. The number of fused-ring (bicyclic) bond motifs is 1. The SMILES string of the molecule is CCCCS(=O)(=O)N1CCCC2CC21CN. The van der Waals surface area contributed by atoms with Crippen LogP contribution in [0.5, 0.6) is 0 Å². The second-order valence-corrected chi connectivity index (χ2v) is 7.11. The first kappa shape index (κ1) is 12.3. The van der Waals surface area contributed by atoms with Crippen molar-refractivity contribution in [2.75, 3.05) is 18.8 Å². The van der Waals surface area contributed by atoms with E-state index in [1.165, 1.54) is 0 Å². The largest absolute Gasteiger partial charge is 0.329 e. The van der Waals surface area contributed by atoms with Crippen LogP contribution >= 0.6 is 0 Å². The molecule has 1 saturated heterocycles. The maximum atomic E-state index is 12.2. The lowest BCUT2D eigenvalue weighted by Crippen LogP contribution is -2.51. The van der Waals surface area contributed by atoms with Gasteiger partial charge in [0.05, 0.1) is 11.3 Å². The van der Waals surface area contributed by atoms with Gasteiger partial charge in [0.15, 0.2) is 0 Å². The van der Waals surface area contributed by atoms with Crippen LogP contribution in [0.3, 0.4) is 0 Å². The van der Waals surface area contributed by atoms with Crippen molar-refractivity contribution in [3.63, 3.8) is 0 Å². The lowest BCUT2D eigenvalue weighted by Gasteiger charge is -2.34. The summed E-state index contributed by atoms with van der Waals surface area (Å²) in [5, 5.41) is 0. The third-order valence-electron chi connectivity index (χ3n) is 4.06. The molecule has 16 heavy (non-hydrogen) atoms. The number of unbranched alkanes of at least 4 members (excludes halogenated alkanes) is 1. The van der Waals surface area contributed by atoms with E-state index < -0.39 is 10.0 Å². The minimum Gasteiger partial charge on any atom is -0.329 e. The summed E-state index contributed by atoms with van der Waals surface area (Å²) in [6.45, 7) is 3.19. The highest BCUT2D eigenvalue weighted by Gasteiger charge is 2.61. The van der Waals surface area contributed by atoms with E-state index in [4.69, 9.17) is 5.73 Å². The van der Waals surface area contributed by atoms with Crippen molar-refractivity contribution in [1.82, 2.24) is 4.31 Å². The lowest BCUT2D eigenvalue weighted by atomic mass is 10.1. The molecule has 5 heteroatoms. The van der Waals surface area contributed by atoms with Crippen molar-refractivity contribution in [2.24, 2.45) is 11.7 Å². The Morgan fingerprint density at radius 2 is 2.25 bits per heavy atom. The van der Waals surface area contributed by atoms with Gasteiger partial charge in [-0.25, -0.2) is 8.42 Å². The minimum atomic E-state index is -3.07. The fourth-order valence-electron chi connectivity index (χ4n) is 2.95. The molecule has 94 valence electrons. The van der Waals surface area contributed by atoms with Gasteiger partial charge in [-0.2, -0.15) is 4.31 Å². The monoisotopic (exact) mass is 246 g/mol. The van der Waals surface area contributed by atoms with Crippen molar-refractivity contribution in [3.8, 4) is 0 Å². The van der Waals surface area contributed by atoms with Gasteiger partial charge in [0.2, 0.25) is 10.0 Å². The number of sulfonamides is 1. The number of hydrogen-bond acceptors (Lipinski definition) is 3. The van der Waals surface area contributed by atoms with E-state index in [2.05, 4.69) is 0 Å². The van der Waals surface area contributed by atoms with Gasteiger partial charge in [-0.3, -0.25) is 0 Å². The Labute approximate surface area is 98.2 Å². The highest BCUT2D eigenvalue weighted by molar-refractivity contribution is 7.89. The molecular weight excluding hydrogens is 224 g/mol. The number of rotatable bonds is 5. The Balaban J connectivity index is 2.13. The molecule has 2 unspecified atom stereocenters. The molecule has 0 aromatic rings. The van der Waals surface area contributed by atoms with Crippen LogP contribution < -0.4 is 5.73 Å². The Morgan fingerprint density at radius 3 is 2.88 bits per heavy atom. The molecule has 2 aliphatic rings. The molecule has 1 aliphatic heterocycles. The Bertz CT molecular complexity index is 355. The highest BCUT2D eigenvalue weighted by Crippen LogP contribution is 2.54. The van der Waals surface area contributed by atoms with E-state index in [1.54, 1.807) is 4.31 Å². The summed E-state index contributed by atoms with van der Waals surface area (Å²) in [6, 6.07) is 0. The molecule has 0 bridgehead atoms. The van der Waals surface area contributed by atoms with Crippen molar-refractivity contribution in [1.29, 1.82) is 0 Å². The van der Waals surface area contributed by atoms with E-state index in [1.807, 2.05) is 6.92 Å². The lowest BCUT2D eigenvalue weighted by molar-refractivity contribution is 0.240. The molecule has 2 atom stereocenters. The average Bonchev–Trinajstić information content (AvgIpc) is 3.00. The molecule has 1 aliphatic carbocycles. The summed E-state index contributed by atoms with van der Waals surface area (Å²) in [5.41, 5.74) is 5.60. The Hall–Kier alpha value is -0.130. The van der Waals surface area contributed by atoms with E-state index in [0.29, 0.717) is 19.0 Å². The zero-order chi connectivity index (χ0) is 11.8. The van der Waals surface area contributed by atoms with Gasteiger partial charge in [0, 0.05) is 13.1 Å². The van der Waals surface area contributed by atoms with Crippen molar-refractivity contribution in [2.45, 2.75) is 44.6 Å². The number of nitrogens with two attached hydrogens (primary N) is 1. The zero-order valence-corrected chi connectivity index (χ0v) is 10.8. The summed E-state index contributed by atoms with van der Waals surface area (Å²) in [4.78, 5) is 0. The summed E-state index contributed by atoms with van der Waals surface area (Å²) in [6.07, 6.45) is 4.81. The molecule has 1 heterocycles. The van der Waals surface area contributed by atoms with Gasteiger partial charge in [-0.05, 0) is 31.6 Å². The van der Waals surface area contributed by atoms with Crippen LogP contribution in [0, 0.1) is 5.92 Å². The van der Waals surface area contributed by atoms with Gasteiger partial charge in [-0.15, -0.1) is 0 Å². The van der Waals surface area contributed by atoms with Crippen LogP contribution in [-0.4, -0.2) is 37.1 Å². The third kappa shape index (κ3) is 1.89. The third-order valence-corrected chi connectivity index (χ3v) is 6.08. The highest BCUT2D eigenvalue weighted by atomic mass is 32.2. The Morgan fingerprint density at radius 1 is 1.50 bits per heavy atom. The first-order chi connectivity index (χ1) is 7.57. The Kier molecular flexibility index (Phi) is 3.29. The molecular formula is C11H22N2O2S. The predicted octanol–water partition coefficient (Wildman–Crippen LogP) is 0.929. The fourth-order valence-corrected chi connectivity index (χ4v) is 5.09. The van der Waals surface area contributed by atoms with Gasteiger partial charge >= 0.3 is 0 Å². The quantitative estimate of drug-likeness (QED) is 0.785. The van der Waals surface area contributed by atoms with Crippen LogP contribution in [0.15, 0.2) is 0 Å². The predicted molar refractivity (Wildman–Crippen MR) is 64.5 cm³/mol. The summed E-state index contributed by atoms with van der Waals surface area (Å²) < 4.78 is 26.2. The summed E-state index contributed by atoms with van der Waals surface area (Å²) in [5.74, 6) is 0.820. The van der Waals surface area contributed by atoms with Crippen LogP contribution in [0.2, 0.25) is 0 Å². The molecule has 0 amide bonds. The second-order valence-electron chi connectivity index (χ2n) is 5.09.